The van der Waals surface area contributed by atoms with E-state index in [1.54, 1.807) is 14.0 Å². The largest absolute Gasteiger partial charge is 0.300 e. The number of benzene rings is 1. The smallest absolute Gasteiger partial charge is 0.204 e. The summed E-state index contributed by atoms with van der Waals surface area (Å²) in [4.78, 5) is 12.3. The SMILES string of the molecule is CC(=O)Cc1ccc(-c2nnn(C)n2)cc1. The lowest BCUT2D eigenvalue weighted by Gasteiger charge is -1.98. The van der Waals surface area contributed by atoms with Gasteiger partial charge in [0, 0.05) is 12.0 Å². The highest BCUT2D eigenvalue weighted by atomic mass is 16.1. The van der Waals surface area contributed by atoms with Gasteiger partial charge in [0.25, 0.3) is 0 Å². The first kappa shape index (κ1) is 10.5. The molecule has 0 aliphatic rings. The molecule has 0 aliphatic carbocycles. The molecule has 0 spiro atoms. The van der Waals surface area contributed by atoms with E-state index in [1.165, 1.54) is 4.80 Å². The van der Waals surface area contributed by atoms with Crippen molar-refractivity contribution in [1.29, 1.82) is 0 Å². The normalized spacial score (nSPS) is 10.4. The summed E-state index contributed by atoms with van der Waals surface area (Å²) in [5, 5.41) is 11.8. The monoisotopic (exact) mass is 216 g/mol. The van der Waals surface area contributed by atoms with Crippen LogP contribution >= 0.6 is 0 Å². The average molecular weight is 216 g/mol. The van der Waals surface area contributed by atoms with E-state index < -0.39 is 0 Å². The zero-order valence-corrected chi connectivity index (χ0v) is 9.21. The summed E-state index contributed by atoms with van der Waals surface area (Å²) in [7, 11) is 1.72. The fourth-order valence-electron chi connectivity index (χ4n) is 1.46. The lowest BCUT2D eigenvalue weighted by atomic mass is 10.1. The Balaban J connectivity index is 2.22. The van der Waals surface area contributed by atoms with Gasteiger partial charge in [-0.25, -0.2) is 0 Å². The number of rotatable bonds is 3. The summed E-state index contributed by atoms with van der Waals surface area (Å²) in [6.45, 7) is 1.58. The van der Waals surface area contributed by atoms with Gasteiger partial charge < -0.3 is 0 Å². The Hall–Kier alpha value is -2.04. The summed E-state index contributed by atoms with van der Waals surface area (Å²) in [5.74, 6) is 0.752. The minimum Gasteiger partial charge on any atom is -0.300 e. The fourth-order valence-corrected chi connectivity index (χ4v) is 1.46. The Morgan fingerprint density at radius 1 is 1.31 bits per heavy atom. The number of aryl methyl sites for hydroxylation is 1. The van der Waals surface area contributed by atoms with Crippen LogP contribution in [-0.2, 0) is 18.3 Å². The van der Waals surface area contributed by atoms with Gasteiger partial charge in [0.2, 0.25) is 5.82 Å². The predicted molar refractivity (Wildman–Crippen MR) is 58.6 cm³/mol. The van der Waals surface area contributed by atoms with Gasteiger partial charge in [-0.1, -0.05) is 24.3 Å². The highest BCUT2D eigenvalue weighted by molar-refractivity contribution is 5.78. The molecule has 0 bridgehead atoms. The second-order valence-corrected chi connectivity index (χ2v) is 3.68. The third-order valence-corrected chi connectivity index (χ3v) is 2.17. The molecular weight excluding hydrogens is 204 g/mol. The molecule has 0 saturated heterocycles. The Morgan fingerprint density at radius 3 is 2.50 bits per heavy atom. The molecule has 1 heterocycles. The van der Waals surface area contributed by atoms with Crippen LogP contribution in [0.3, 0.4) is 0 Å². The molecule has 5 nitrogen and oxygen atoms in total. The first-order valence-corrected chi connectivity index (χ1v) is 4.98. The predicted octanol–water partition coefficient (Wildman–Crippen LogP) is 1.01. The van der Waals surface area contributed by atoms with Gasteiger partial charge in [-0.15, -0.1) is 10.2 Å². The van der Waals surface area contributed by atoms with Crippen LogP contribution in [0, 0.1) is 0 Å². The van der Waals surface area contributed by atoms with Gasteiger partial charge in [-0.2, -0.15) is 4.80 Å². The molecule has 0 atom stereocenters. The summed E-state index contributed by atoms with van der Waals surface area (Å²) in [6.07, 6.45) is 0.466. The third-order valence-electron chi connectivity index (χ3n) is 2.17. The first-order chi connectivity index (χ1) is 7.65. The van der Waals surface area contributed by atoms with Gasteiger partial charge in [-0.3, -0.25) is 4.79 Å². The Kier molecular flexibility index (Phi) is 2.76. The molecule has 0 radical (unpaired) electrons. The number of carbonyl (C=O) groups is 1. The number of hydrogen-bond donors (Lipinski definition) is 0. The Bertz CT molecular complexity index is 501. The standard InChI is InChI=1S/C11H12N4O/c1-8(16)7-9-3-5-10(6-4-9)11-12-14-15(2)13-11/h3-6H,7H2,1-2H3. The molecule has 1 aromatic carbocycles. The summed E-state index contributed by atoms with van der Waals surface area (Å²) in [5.41, 5.74) is 1.90. The van der Waals surface area contributed by atoms with E-state index in [9.17, 15) is 4.79 Å². The molecule has 2 rings (SSSR count). The minimum absolute atomic E-state index is 0.158. The maximum atomic E-state index is 10.9. The van der Waals surface area contributed by atoms with Crippen LogP contribution in [0.1, 0.15) is 12.5 Å². The second kappa shape index (κ2) is 4.22. The molecule has 0 unspecified atom stereocenters. The fraction of sp³-hybridized carbons (Fsp3) is 0.273. The number of nitrogens with zero attached hydrogens (tertiary/aromatic N) is 4. The van der Waals surface area contributed by atoms with Gasteiger partial charge in [0.05, 0.1) is 7.05 Å². The molecule has 0 fully saturated rings. The van der Waals surface area contributed by atoms with Crippen molar-refractivity contribution in [2.75, 3.05) is 0 Å². The second-order valence-electron chi connectivity index (χ2n) is 3.68. The number of tetrazole rings is 1. The molecule has 0 N–H and O–H groups in total. The lowest BCUT2D eigenvalue weighted by Crippen LogP contribution is -1.96. The maximum absolute atomic E-state index is 10.9. The number of ketones is 1. The number of Topliss-reactive ketones (excluding diaryl/α,β-unsaturated/α-hetero) is 1. The van der Waals surface area contributed by atoms with E-state index in [2.05, 4.69) is 15.4 Å². The Morgan fingerprint density at radius 2 is 2.00 bits per heavy atom. The van der Waals surface area contributed by atoms with Crippen LogP contribution in [0.4, 0.5) is 0 Å². The van der Waals surface area contributed by atoms with Crippen molar-refractivity contribution in [3.63, 3.8) is 0 Å². The van der Waals surface area contributed by atoms with Crippen molar-refractivity contribution < 1.29 is 4.79 Å². The first-order valence-electron chi connectivity index (χ1n) is 4.98. The van der Waals surface area contributed by atoms with Crippen molar-refractivity contribution in [2.24, 2.45) is 7.05 Å². The molecule has 2 aromatic rings. The van der Waals surface area contributed by atoms with Crippen LogP contribution in [0.25, 0.3) is 11.4 Å². The van der Waals surface area contributed by atoms with Gasteiger partial charge in [0.1, 0.15) is 5.78 Å². The van der Waals surface area contributed by atoms with Crippen molar-refractivity contribution >= 4 is 5.78 Å². The average Bonchev–Trinajstić information content (AvgIpc) is 2.65. The van der Waals surface area contributed by atoms with Gasteiger partial charge in [0.15, 0.2) is 0 Å². The highest BCUT2D eigenvalue weighted by Gasteiger charge is 2.04. The topological polar surface area (TPSA) is 60.7 Å². The number of carbonyl (C=O) groups excluding carboxylic acids is 1. The van der Waals surface area contributed by atoms with Crippen LogP contribution < -0.4 is 0 Å². The van der Waals surface area contributed by atoms with Crippen LogP contribution in [0.2, 0.25) is 0 Å². The van der Waals surface area contributed by atoms with Crippen molar-refractivity contribution in [3.8, 4) is 11.4 Å². The lowest BCUT2D eigenvalue weighted by molar-refractivity contribution is -0.116. The van der Waals surface area contributed by atoms with Gasteiger partial charge in [-0.05, 0) is 17.7 Å². The van der Waals surface area contributed by atoms with Crippen LogP contribution in [-0.4, -0.2) is 26.0 Å². The van der Waals surface area contributed by atoms with E-state index in [0.717, 1.165) is 11.1 Å². The summed E-state index contributed by atoms with van der Waals surface area (Å²) < 4.78 is 0. The molecule has 82 valence electrons. The maximum Gasteiger partial charge on any atom is 0.204 e. The minimum atomic E-state index is 0.158. The van der Waals surface area contributed by atoms with Crippen molar-refractivity contribution in [1.82, 2.24) is 20.2 Å². The number of hydrogen-bond acceptors (Lipinski definition) is 4. The quantitative estimate of drug-likeness (QED) is 0.768. The van der Waals surface area contributed by atoms with E-state index in [1.807, 2.05) is 24.3 Å². The molecule has 16 heavy (non-hydrogen) atoms. The third kappa shape index (κ3) is 2.31. The Labute approximate surface area is 93.1 Å². The van der Waals surface area contributed by atoms with Crippen molar-refractivity contribution in [3.05, 3.63) is 29.8 Å². The summed E-state index contributed by atoms with van der Waals surface area (Å²) >= 11 is 0. The van der Waals surface area contributed by atoms with E-state index in [0.29, 0.717) is 12.2 Å². The molecule has 0 aliphatic heterocycles. The van der Waals surface area contributed by atoms with Crippen LogP contribution in [0.5, 0.6) is 0 Å². The van der Waals surface area contributed by atoms with Crippen molar-refractivity contribution in [2.45, 2.75) is 13.3 Å². The molecule has 5 heteroatoms. The number of aromatic nitrogens is 4. The highest BCUT2D eigenvalue weighted by Crippen LogP contribution is 2.14. The van der Waals surface area contributed by atoms with E-state index >= 15 is 0 Å². The zero-order chi connectivity index (χ0) is 11.5. The summed E-state index contributed by atoms with van der Waals surface area (Å²) in [6, 6.07) is 7.62. The van der Waals surface area contributed by atoms with E-state index in [4.69, 9.17) is 0 Å². The molecule has 0 saturated carbocycles. The molecule has 0 amide bonds. The van der Waals surface area contributed by atoms with Crippen LogP contribution in [0.15, 0.2) is 24.3 Å². The molecule has 1 aromatic heterocycles. The zero-order valence-electron chi connectivity index (χ0n) is 9.21. The van der Waals surface area contributed by atoms with E-state index in [-0.39, 0.29) is 5.78 Å². The molecular formula is C11H12N4O. The van der Waals surface area contributed by atoms with Gasteiger partial charge >= 0.3 is 0 Å².